The lowest BCUT2D eigenvalue weighted by Crippen LogP contribution is -2.49. The predicted molar refractivity (Wildman–Crippen MR) is 88.9 cm³/mol. The molecule has 3 aromatic rings. The first-order valence-corrected chi connectivity index (χ1v) is 8.77. The normalized spacial score (nSPS) is 22.2. The fourth-order valence-electron chi connectivity index (χ4n) is 3.98. The first-order chi connectivity index (χ1) is 13.4. The number of carbonyl (C=O) groups excluding carboxylic acids is 1. The molecule has 0 spiro atoms. The van der Waals surface area contributed by atoms with Gasteiger partial charge in [0, 0.05) is 6.20 Å². The van der Waals surface area contributed by atoms with Gasteiger partial charge in [0.1, 0.15) is 24.0 Å². The SMILES string of the molecule is O=C(c1cnc2c(-n3cncn3)cc(C(F)(F)F)cn12)N1C2CCC1COC2. The molecule has 2 saturated heterocycles. The van der Waals surface area contributed by atoms with Crippen LogP contribution in [0.5, 0.6) is 0 Å². The number of carbonyl (C=O) groups is 1. The number of halogens is 3. The Bertz CT molecular complexity index is 1030. The van der Waals surface area contributed by atoms with Gasteiger partial charge in [0.15, 0.2) is 5.65 Å². The average molecular weight is 392 g/mol. The molecule has 2 unspecified atom stereocenters. The van der Waals surface area contributed by atoms with Crippen LogP contribution in [0.1, 0.15) is 28.9 Å². The van der Waals surface area contributed by atoms with Crippen molar-refractivity contribution in [1.82, 2.24) is 29.0 Å². The van der Waals surface area contributed by atoms with Gasteiger partial charge in [-0.3, -0.25) is 9.20 Å². The molecule has 2 atom stereocenters. The Kier molecular flexibility index (Phi) is 3.69. The minimum absolute atomic E-state index is 0.0580. The van der Waals surface area contributed by atoms with Gasteiger partial charge in [0.25, 0.3) is 5.91 Å². The molecule has 0 aliphatic carbocycles. The molecule has 0 N–H and O–H groups in total. The third-order valence-corrected chi connectivity index (χ3v) is 5.27. The van der Waals surface area contributed by atoms with Crippen LogP contribution in [0.2, 0.25) is 0 Å². The minimum Gasteiger partial charge on any atom is -0.377 e. The largest absolute Gasteiger partial charge is 0.417 e. The monoisotopic (exact) mass is 392 g/mol. The third kappa shape index (κ3) is 2.57. The lowest BCUT2D eigenvalue weighted by molar-refractivity contribution is -0.137. The van der Waals surface area contributed by atoms with Crippen molar-refractivity contribution in [1.29, 1.82) is 0 Å². The van der Waals surface area contributed by atoms with Gasteiger partial charge in [-0.05, 0) is 18.9 Å². The summed E-state index contributed by atoms with van der Waals surface area (Å²) in [5.41, 5.74) is -0.525. The van der Waals surface area contributed by atoms with Crippen LogP contribution >= 0.6 is 0 Å². The molecule has 3 aromatic heterocycles. The van der Waals surface area contributed by atoms with Crippen molar-refractivity contribution >= 4 is 11.6 Å². The molecule has 11 heteroatoms. The van der Waals surface area contributed by atoms with E-state index in [1.165, 1.54) is 27.9 Å². The number of nitrogens with zero attached hydrogens (tertiary/aromatic N) is 6. The number of ether oxygens (including phenoxy) is 1. The fourth-order valence-corrected chi connectivity index (χ4v) is 3.98. The Balaban J connectivity index is 1.67. The van der Waals surface area contributed by atoms with E-state index in [-0.39, 0.29) is 35.0 Å². The number of pyridine rings is 1. The van der Waals surface area contributed by atoms with E-state index < -0.39 is 11.7 Å². The molecular formula is C17H15F3N6O2. The Labute approximate surface area is 156 Å². The van der Waals surface area contributed by atoms with Gasteiger partial charge in [-0.25, -0.2) is 14.6 Å². The van der Waals surface area contributed by atoms with Gasteiger partial charge < -0.3 is 9.64 Å². The van der Waals surface area contributed by atoms with Crippen molar-refractivity contribution in [3.8, 4) is 5.69 Å². The second kappa shape index (κ2) is 6.03. The zero-order valence-electron chi connectivity index (χ0n) is 14.5. The second-order valence-electron chi connectivity index (χ2n) is 6.92. The van der Waals surface area contributed by atoms with Crippen molar-refractivity contribution < 1.29 is 22.7 Å². The maximum Gasteiger partial charge on any atom is 0.417 e. The van der Waals surface area contributed by atoms with Gasteiger partial charge >= 0.3 is 6.18 Å². The van der Waals surface area contributed by atoms with Crippen LogP contribution in [0, 0.1) is 0 Å². The number of rotatable bonds is 2. The van der Waals surface area contributed by atoms with Gasteiger partial charge in [0.2, 0.25) is 0 Å². The zero-order chi connectivity index (χ0) is 19.5. The van der Waals surface area contributed by atoms with E-state index >= 15 is 0 Å². The van der Waals surface area contributed by atoms with Crippen LogP contribution in [-0.4, -0.2) is 60.3 Å². The molecular weight excluding hydrogens is 377 g/mol. The van der Waals surface area contributed by atoms with Crippen LogP contribution in [0.4, 0.5) is 13.2 Å². The summed E-state index contributed by atoms with van der Waals surface area (Å²) >= 11 is 0. The highest BCUT2D eigenvalue weighted by Gasteiger charge is 2.42. The first kappa shape index (κ1) is 17.2. The molecule has 146 valence electrons. The van der Waals surface area contributed by atoms with E-state index in [1.54, 1.807) is 4.90 Å². The Morgan fingerprint density at radius 2 is 1.96 bits per heavy atom. The highest BCUT2D eigenvalue weighted by molar-refractivity contribution is 5.94. The molecule has 1 amide bonds. The number of alkyl halides is 3. The number of amides is 1. The van der Waals surface area contributed by atoms with E-state index in [1.807, 2.05) is 0 Å². The standard InChI is InChI=1S/C17H15F3N6O2/c18-17(19,20)10-3-13(25-9-21-8-23-25)15-22-4-14(24(15)5-10)16(27)26-11-1-2-12(26)7-28-6-11/h3-5,8-9,11-12H,1-2,6-7H2. The zero-order valence-corrected chi connectivity index (χ0v) is 14.5. The molecule has 0 saturated carbocycles. The molecule has 28 heavy (non-hydrogen) atoms. The number of aromatic nitrogens is 5. The second-order valence-corrected chi connectivity index (χ2v) is 6.92. The van der Waals surface area contributed by atoms with Gasteiger partial charge in [-0.1, -0.05) is 0 Å². The third-order valence-electron chi connectivity index (χ3n) is 5.27. The summed E-state index contributed by atoms with van der Waals surface area (Å²) in [6, 6.07) is 0.832. The van der Waals surface area contributed by atoms with Crippen LogP contribution in [0.25, 0.3) is 11.3 Å². The molecule has 5 heterocycles. The van der Waals surface area contributed by atoms with Gasteiger partial charge in [-0.15, -0.1) is 0 Å². The molecule has 0 aromatic carbocycles. The summed E-state index contributed by atoms with van der Waals surface area (Å²) in [6.45, 7) is 0.883. The molecule has 0 radical (unpaired) electrons. The summed E-state index contributed by atoms with van der Waals surface area (Å²) in [7, 11) is 0. The number of morpholine rings is 1. The smallest absolute Gasteiger partial charge is 0.377 e. The fraction of sp³-hybridized carbons (Fsp3) is 0.412. The van der Waals surface area contributed by atoms with Crippen LogP contribution in [0.3, 0.4) is 0 Å². The highest BCUT2D eigenvalue weighted by atomic mass is 19.4. The lowest BCUT2D eigenvalue weighted by atomic mass is 10.2. The quantitative estimate of drug-likeness (QED) is 0.666. The van der Waals surface area contributed by atoms with E-state index in [2.05, 4.69) is 15.1 Å². The Hall–Kier alpha value is -2.95. The van der Waals surface area contributed by atoms with Crippen molar-refractivity contribution in [3.63, 3.8) is 0 Å². The number of hydrogen-bond donors (Lipinski definition) is 0. The van der Waals surface area contributed by atoms with E-state index in [4.69, 9.17) is 4.74 Å². The molecule has 2 aliphatic heterocycles. The summed E-state index contributed by atoms with van der Waals surface area (Å²) < 4.78 is 48.3. The van der Waals surface area contributed by atoms with Crippen molar-refractivity contribution in [3.05, 3.63) is 42.4 Å². The van der Waals surface area contributed by atoms with Gasteiger partial charge in [0.05, 0.1) is 37.1 Å². The topological polar surface area (TPSA) is 77.5 Å². The Morgan fingerprint density at radius 3 is 2.61 bits per heavy atom. The van der Waals surface area contributed by atoms with Crippen molar-refractivity contribution in [2.45, 2.75) is 31.1 Å². The van der Waals surface area contributed by atoms with Crippen LogP contribution < -0.4 is 0 Å². The lowest BCUT2D eigenvalue weighted by Gasteiger charge is -2.34. The van der Waals surface area contributed by atoms with E-state index in [0.717, 1.165) is 25.1 Å². The summed E-state index contributed by atoms with van der Waals surface area (Å²) in [6.07, 6.45) is 1.78. The summed E-state index contributed by atoms with van der Waals surface area (Å²) in [5.74, 6) is -0.341. The van der Waals surface area contributed by atoms with Gasteiger partial charge in [-0.2, -0.15) is 18.3 Å². The average Bonchev–Trinajstić information content (AvgIpc) is 3.38. The molecule has 5 rings (SSSR count). The Morgan fingerprint density at radius 1 is 1.21 bits per heavy atom. The highest BCUT2D eigenvalue weighted by Crippen LogP contribution is 2.34. The maximum atomic E-state index is 13.5. The number of imidazole rings is 1. The first-order valence-electron chi connectivity index (χ1n) is 8.77. The van der Waals surface area contributed by atoms with Crippen LogP contribution in [0.15, 0.2) is 31.1 Å². The maximum absolute atomic E-state index is 13.5. The predicted octanol–water partition coefficient (Wildman–Crippen LogP) is 1.94. The minimum atomic E-state index is -4.59. The summed E-state index contributed by atoms with van der Waals surface area (Å²) in [5, 5.41) is 3.91. The van der Waals surface area contributed by atoms with E-state index in [9.17, 15) is 18.0 Å². The van der Waals surface area contributed by atoms with Crippen molar-refractivity contribution in [2.24, 2.45) is 0 Å². The van der Waals surface area contributed by atoms with Crippen LogP contribution in [-0.2, 0) is 10.9 Å². The van der Waals surface area contributed by atoms with E-state index in [0.29, 0.717) is 13.2 Å². The molecule has 2 aliphatic rings. The number of hydrogen-bond acceptors (Lipinski definition) is 5. The summed E-state index contributed by atoms with van der Waals surface area (Å²) in [4.78, 5) is 22.9. The van der Waals surface area contributed by atoms with Crippen molar-refractivity contribution in [2.75, 3.05) is 13.2 Å². The molecule has 2 bridgehead atoms. The molecule has 2 fully saturated rings. The molecule has 8 nitrogen and oxygen atoms in total. The number of fused-ring (bicyclic) bond motifs is 3.